The van der Waals surface area contributed by atoms with Gasteiger partial charge in [-0.25, -0.2) is 0 Å². The first-order valence-electron chi connectivity index (χ1n) is 7.74. The van der Waals surface area contributed by atoms with Crippen LogP contribution in [0, 0.1) is 0 Å². The van der Waals surface area contributed by atoms with Gasteiger partial charge in [-0.05, 0) is 35.9 Å². The summed E-state index contributed by atoms with van der Waals surface area (Å²) >= 11 is 0. The van der Waals surface area contributed by atoms with Crippen molar-refractivity contribution in [3.8, 4) is 23.0 Å². The van der Waals surface area contributed by atoms with Crippen molar-refractivity contribution in [2.75, 3.05) is 27.1 Å². The highest BCUT2D eigenvalue weighted by molar-refractivity contribution is 5.94. The number of hydrogen-bond donors (Lipinski definition) is 0. The monoisotopic (exact) mass is 327 g/mol. The fraction of sp³-hybridized carbons (Fsp3) is 0.278. The molecule has 2 aliphatic rings. The van der Waals surface area contributed by atoms with E-state index in [0.717, 1.165) is 11.3 Å². The van der Waals surface area contributed by atoms with Gasteiger partial charge in [-0.3, -0.25) is 4.79 Å². The molecular weight excluding hydrogens is 310 g/mol. The van der Waals surface area contributed by atoms with E-state index in [1.807, 2.05) is 18.2 Å². The van der Waals surface area contributed by atoms with E-state index in [0.29, 0.717) is 42.6 Å². The Labute approximate surface area is 139 Å². The minimum Gasteiger partial charge on any atom is -0.486 e. The average Bonchev–Trinajstić information content (AvgIpc) is 3.08. The highest BCUT2D eigenvalue weighted by atomic mass is 16.7. The van der Waals surface area contributed by atoms with Gasteiger partial charge in [0.25, 0.3) is 5.91 Å². The van der Waals surface area contributed by atoms with Crippen LogP contribution in [-0.2, 0) is 6.54 Å². The first kappa shape index (κ1) is 14.7. The molecular formula is C18H17NO5. The Morgan fingerprint density at radius 2 is 1.58 bits per heavy atom. The highest BCUT2D eigenvalue weighted by Gasteiger charge is 2.19. The number of benzene rings is 2. The molecule has 0 aliphatic carbocycles. The summed E-state index contributed by atoms with van der Waals surface area (Å²) in [6, 6.07) is 11.0. The Morgan fingerprint density at radius 3 is 2.46 bits per heavy atom. The van der Waals surface area contributed by atoms with Gasteiger partial charge in [-0.1, -0.05) is 6.07 Å². The molecule has 2 aromatic rings. The second-order valence-electron chi connectivity index (χ2n) is 5.71. The Morgan fingerprint density at radius 1 is 0.917 bits per heavy atom. The van der Waals surface area contributed by atoms with Gasteiger partial charge >= 0.3 is 0 Å². The Balaban J connectivity index is 1.49. The number of hydrogen-bond acceptors (Lipinski definition) is 5. The molecule has 2 aromatic carbocycles. The lowest BCUT2D eigenvalue weighted by atomic mass is 10.1. The maximum absolute atomic E-state index is 12.6. The maximum Gasteiger partial charge on any atom is 0.254 e. The summed E-state index contributed by atoms with van der Waals surface area (Å²) in [6.45, 7) is 1.75. The third kappa shape index (κ3) is 2.71. The van der Waals surface area contributed by atoms with Gasteiger partial charge in [0.2, 0.25) is 6.79 Å². The maximum atomic E-state index is 12.6. The minimum absolute atomic E-state index is 0.0790. The van der Waals surface area contributed by atoms with E-state index in [1.54, 1.807) is 30.1 Å². The highest BCUT2D eigenvalue weighted by Crippen LogP contribution is 2.33. The summed E-state index contributed by atoms with van der Waals surface area (Å²) in [5, 5.41) is 0. The Hall–Kier alpha value is -2.89. The van der Waals surface area contributed by atoms with Crippen LogP contribution < -0.4 is 18.9 Å². The molecule has 0 radical (unpaired) electrons. The lowest BCUT2D eigenvalue weighted by molar-refractivity contribution is 0.0783. The van der Waals surface area contributed by atoms with E-state index in [2.05, 4.69) is 0 Å². The molecule has 4 rings (SSSR count). The predicted molar refractivity (Wildman–Crippen MR) is 85.8 cm³/mol. The first-order chi connectivity index (χ1) is 11.7. The van der Waals surface area contributed by atoms with Gasteiger partial charge in [0, 0.05) is 19.2 Å². The van der Waals surface area contributed by atoms with Gasteiger partial charge in [0.1, 0.15) is 13.2 Å². The summed E-state index contributed by atoms with van der Waals surface area (Å²) in [7, 11) is 1.77. The smallest absolute Gasteiger partial charge is 0.254 e. The SMILES string of the molecule is CN(Cc1ccc2c(c1)OCO2)C(=O)c1ccc2c(c1)OCCO2. The molecule has 0 fully saturated rings. The van der Waals surface area contributed by atoms with Crippen LogP contribution in [0.5, 0.6) is 23.0 Å². The fourth-order valence-electron chi connectivity index (χ4n) is 2.78. The molecule has 124 valence electrons. The number of carbonyl (C=O) groups is 1. The van der Waals surface area contributed by atoms with E-state index >= 15 is 0 Å². The second kappa shape index (κ2) is 5.96. The van der Waals surface area contributed by atoms with Crippen LogP contribution >= 0.6 is 0 Å². The summed E-state index contributed by atoms with van der Waals surface area (Å²) in [5.41, 5.74) is 1.55. The van der Waals surface area contributed by atoms with Crippen LogP contribution in [0.3, 0.4) is 0 Å². The Bertz CT molecular complexity index is 789. The predicted octanol–water partition coefficient (Wildman–Crippen LogP) is 2.46. The normalized spacial score (nSPS) is 14.4. The van der Waals surface area contributed by atoms with Crippen molar-refractivity contribution in [1.82, 2.24) is 4.90 Å². The molecule has 1 amide bonds. The topological polar surface area (TPSA) is 57.2 Å². The first-order valence-corrected chi connectivity index (χ1v) is 7.74. The van der Waals surface area contributed by atoms with Crippen LogP contribution in [-0.4, -0.2) is 37.9 Å². The summed E-state index contributed by atoms with van der Waals surface area (Å²) in [4.78, 5) is 14.3. The van der Waals surface area contributed by atoms with Gasteiger partial charge in [-0.15, -0.1) is 0 Å². The van der Waals surface area contributed by atoms with Crippen molar-refractivity contribution < 1.29 is 23.7 Å². The number of rotatable bonds is 3. The number of fused-ring (bicyclic) bond motifs is 2. The third-order valence-electron chi connectivity index (χ3n) is 3.99. The van der Waals surface area contributed by atoms with Crippen molar-refractivity contribution in [3.63, 3.8) is 0 Å². The van der Waals surface area contributed by atoms with E-state index < -0.39 is 0 Å². The van der Waals surface area contributed by atoms with Gasteiger partial charge in [0.15, 0.2) is 23.0 Å². The minimum atomic E-state index is -0.0790. The summed E-state index contributed by atoms with van der Waals surface area (Å²) < 4.78 is 21.7. The van der Waals surface area contributed by atoms with Crippen LogP contribution in [0.25, 0.3) is 0 Å². The quantitative estimate of drug-likeness (QED) is 0.867. The molecule has 0 atom stereocenters. The van der Waals surface area contributed by atoms with Crippen molar-refractivity contribution in [2.45, 2.75) is 6.54 Å². The largest absolute Gasteiger partial charge is 0.486 e. The number of nitrogens with zero attached hydrogens (tertiary/aromatic N) is 1. The van der Waals surface area contributed by atoms with Gasteiger partial charge < -0.3 is 23.8 Å². The molecule has 6 heteroatoms. The molecule has 0 saturated carbocycles. The standard InChI is InChI=1S/C18H17NO5/c1-19(10-12-2-4-15-16(8-12)24-11-23-15)18(20)13-3-5-14-17(9-13)22-7-6-21-14/h2-5,8-9H,6-7,10-11H2,1H3. The van der Waals surface area contributed by atoms with Crippen molar-refractivity contribution in [1.29, 1.82) is 0 Å². The van der Waals surface area contributed by atoms with E-state index in [-0.39, 0.29) is 12.7 Å². The van der Waals surface area contributed by atoms with Gasteiger partial charge in [-0.2, -0.15) is 0 Å². The van der Waals surface area contributed by atoms with Crippen LogP contribution in [0.15, 0.2) is 36.4 Å². The fourth-order valence-corrected chi connectivity index (χ4v) is 2.78. The summed E-state index contributed by atoms with van der Waals surface area (Å²) in [5.74, 6) is 2.66. The van der Waals surface area contributed by atoms with Crippen molar-refractivity contribution >= 4 is 5.91 Å². The summed E-state index contributed by atoms with van der Waals surface area (Å²) in [6.07, 6.45) is 0. The number of carbonyl (C=O) groups excluding carboxylic acids is 1. The number of ether oxygens (including phenoxy) is 4. The molecule has 2 aliphatic heterocycles. The average molecular weight is 327 g/mol. The zero-order chi connectivity index (χ0) is 16.5. The van der Waals surface area contributed by atoms with Crippen LogP contribution in [0.2, 0.25) is 0 Å². The van der Waals surface area contributed by atoms with E-state index in [4.69, 9.17) is 18.9 Å². The molecule has 0 spiro atoms. The second-order valence-corrected chi connectivity index (χ2v) is 5.71. The van der Waals surface area contributed by atoms with Gasteiger partial charge in [0.05, 0.1) is 0 Å². The van der Waals surface area contributed by atoms with Crippen molar-refractivity contribution in [2.24, 2.45) is 0 Å². The lowest BCUT2D eigenvalue weighted by Gasteiger charge is -2.21. The van der Waals surface area contributed by atoms with Crippen LogP contribution in [0.4, 0.5) is 0 Å². The zero-order valence-corrected chi connectivity index (χ0v) is 13.3. The number of amides is 1. The zero-order valence-electron chi connectivity index (χ0n) is 13.3. The van der Waals surface area contributed by atoms with Crippen molar-refractivity contribution in [3.05, 3.63) is 47.5 Å². The molecule has 0 bridgehead atoms. The van der Waals surface area contributed by atoms with E-state index in [9.17, 15) is 4.79 Å². The molecule has 0 unspecified atom stereocenters. The molecule has 24 heavy (non-hydrogen) atoms. The van der Waals surface area contributed by atoms with E-state index in [1.165, 1.54) is 0 Å². The molecule has 2 heterocycles. The molecule has 0 aromatic heterocycles. The third-order valence-corrected chi connectivity index (χ3v) is 3.99. The van der Waals surface area contributed by atoms with Crippen LogP contribution in [0.1, 0.15) is 15.9 Å². The lowest BCUT2D eigenvalue weighted by Crippen LogP contribution is -2.26. The molecule has 6 nitrogen and oxygen atoms in total. The Kier molecular flexibility index (Phi) is 3.65. The molecule has 0 N–H and O–H groups in total. The molecule has 0 saturated heterocycles.